The van der Waals surface area contributed by atoms with Crippen LogP contribution in [0.25, 0.3) is 10.9 Å². The van der Waals surface area contributed by atoms with Gasteiger partial charge in [-0.2, -0.15) is 13.2 Å². The normalized spacial score (nSPS) is 21.4. The summed E-state index contributed by atoms with van der Waals surface area (Å²) in [4.78, 5) is 35.6. The molecule has 1 saturated carbocycles. The van der Waals surface area contributed by atoms with Crippen LogP contribution in [-0.4, -0.2) is 81.2 Å². The topological polar surface area (TPSA) is 111 Å². The van der Waals surface area contributed by atoms with Gasteiger partial charge in [0.05, 0.1) is 23.7 Å². The molecule has 0 spiro atoms. The summed E-state index contributed by atoms with van der Waals surface area (Å²) in [6.45, 7) is 3.67. The van der Waals surface area contributed by atoms with E-state index in [0.29, 0.717) is 18.1 Å². The fraction of sp³-hybridized carbons (Fsp3) is 0.565. The maximum Gasteiger partial charge on any atom is 0.416 e. The van der Waals surface area contributed by atoms with Crippen LogP contribution < -0.4 is 10.6 Å². The molecule has 2 fully saturated rings. The number of nitrogens with one attached hydrogen (secondary N) is 2. The van der Waals surface area contributed by atoms with Crippen LogP contribution in [0, 0.1) is 0 Å². The Morgan fingerprint density at radius 3 is 2.51 bits per heavy atom. The second-order valence-electron chi connectivity index (χ2n) is 9.05. The lowest BCUT2D eigenvalue weighted by Crippen LogP contribution is -2.63. The fourth-order valence-corrected chi connectivity index (χ4v) is 5.00. The first-order valence-corrected chi connectivity index (χ1v) is 11.7. The van der Waals surface area contributed by atoms with Crippen LogP contribution in [0.2, 0.25) is 0 Å². The number of anilines is 1. The highest BCUT2D eigenvalue weighted by molar-refractivity contribution is 5.91. The van der Waals surface area contributed by atoms with Gasteiger partial charge in [-0.25, -0.2) is 14.8 Å². The Labute approximate surface area is 200 Å². The van der Waals surface area contributed by atoms with Gasteiger partial charge >= 0.3 is 12.3 Å². The number of hydrogen-bond acceptors (Lipinski definition) is 6. The number of carboxylic acid groups (broad SMARTS) is 1. The van der Waals surface area contributed by atoms with Gasteiger partial charge in [-0.05, 0) is 50.8 Å². The van der Waals surface area contributed by atoms with E-state index in [-0.39, 0.29) is 35.7 Å². The van der Waals surface area contributed by atoms with Crippen LogP contribution in [0.15, 0.2) is 24.5 Å². The lowest BCUT2D eigenvalue weighted by atomic mass is 9.87. The highest BCUT2D eigenvalue weighted by atomic mass is 19.4. The molecule has 1 aliphatic carbocycles. The number of carbonyl (C=O) groups is 2. The molecule has 2 amide bonds. The smallest absolute Gasteiger partial charge is 0.416 e. The summed E-state index contributed by atoms with van der Waals surface area (Å²) in [5.41, 5.74) is -0.452. The maximum absolute atomic E-state index is 13.1. The number of fused-ring (bicyclic) bond motifs is 1. The van der Waals surface area contributed by atoms with Gasteiger partial charge in [0.2, 0.25) is 5.91 Å². The van der Waals surface area contributed by atoms with E-state index in [1.54, 1.807) is 0 Å². The van der Waals surface area contributed by atoms with Crippen LogP contribution in [0.3, 0.4) is 0 Å². The van der Waals surface area contributed by atoms with Crippen molar-refractivity contribution >= 4 is 28.7 Å². The third kappa shape index (κ3) is 5.75. The Bertz CT molecular complexity index is 1070. The maximum atomic E-state index is 13.1. The van der Waals surface area contributed by atoms with Gasteiger partial charge in [-0.1, -0.05) is 0 Å². The quantitative estimate of drug-likeness (QED) is 0.542. The van der Waals surface area contributed by atoms with Gasteiger partial charge in [-0.15, -0.1) is 0 Å². The number of likely N-dealkylation sites (tertiary alicyclic amines) is 1. The summed E-state index contributed by atoms with van der Waals surface area (Å²) < 4.78 is 39.2. The molecule has 35 heavy (non-hydrogen) atoms. The standard InChI is InChI=1S/C23H29F3N6O3/c1-2-32(22(34)35)17-6-4-16(5-7-17)31-11-15(12-31)30-20(33)10-27-21-18-9-14(23(24,25)26)3-8-19(18)28-13-29-21/h3,8-9,13,15-17H,2,4-7,10-12H2,1H3,(H,30,33)(H,34,35)(H,27,28,29)/t16-,17-. The summed E-state index contributed by atoms with van der Waals surface area (Å²) in [6.07, 6.45) is -0.581. The molecular formula is C23H29F3N6O3. The molecule has 9 nitrogen and oxygen atoms in total. The fourth-order valence-electron chi connectivity index (χ4n) is 5.00. The Hall–Kier alpha value is -3.15. The monoisotopic (exact) mass is 494 g/mol. The van der Waals surface area contributed by atoms with Crippen molar-refractivity contribution in [1.82, 2.24) is 25.1 Å². The molecule has 2 heterocycles. The lowest BCUT2D eigenvalue weighted by molar-refractivity contribution is -0.137. The molecule has 190 valence electrons. The van der Waals surface area contributed by atoms with Gasteiger partial charge in [0.15, 0.2) is 0 Å². The van der Waals surface area contributed by atoms with Gasteiger partial charge in [0.25, 0.3) is 0 Å². The molecule has 2 aromatic rings. The van der Waals surface area contributed by atoms with Crippen LogP contribution >= 0.6 is 0 Å². The van der Waals surface area contributed by atoms with E-state index in [9.17, 15) is 27.9 Å². The van der Waals surface area contributed by atoms with E-state index < -0.39 is 17.8 Å². The van der Waals surface area contributed by atoms with E-state index >= 15 is 0 Å². The van der Waals surface area contributed by atoms with Crippen molar-refractivity contribution in [3.63, 3.8) is 0 Å². The van der Waals surface area contributed by atoms with Crippen molar-refractivity contribution in [2.75, 3.05) is 31.5 Å². The Kier molecular flexibility index (Phi) is 7.29. The average Bonchev–Trinajstić information content (AvgIpc) is 2.79. The highest BCUT2D eigenvalue weighted by Gasteiger charge is 2.37. The van der Waals surface area contributed by atoms with Crippen molar-refractivity contribution in [1.29, 1.82) is 0 Å². The second kappa shape index (κ2) is 10.2. The minimum atomic E-state index is -4.49. The van der Waals surface area contributed by atoms with Gasteiger partial charge in [-0.3, -0.25) is 9.69 Å². The summed E-state index contributed by atoms with van der Waals surface area (Å²) >= 11 is 0. The van der Waals surface area contributed by atoms with E-state index in [1.807, 2.05) is 6.92 Å². The first-order valence-electron chi connectivity index (χ1n) is 11.7. The first-order chi connectivity index (χ1) is 16.7. The number of alkyl halides is 3. The number of amides is 2. The number of aromatic nitrogens is 2. The molecule has 1 aromatic carbocycles. The summed E-state index contributed by atoms with van der Waals surface area (Å²) in [7, 11) is 0. The molecule has 1 aliphatic heterocycles. The second-order valence-corrected chi connectivity index (χ2v) is 9.05. The van der Waals surface area contributed by atoms with E-state index in [0.717, 1.165) is 50.9 Å². The molecule has 0 radical (unpaired) electrons. The molecule has 2 aliphatic rings. The van der Waals surface area contributed by atoms with E-state index in [2.05, 4.69) is 25.5 Å². The summed E-state index contributed by atoms with van der Waals surface area (Å²) in [5, 5.41) is 15.3. The van der Waals surface area contributed by atoms with Crippen LogP contribution in [-0.2, 0) is 11.0 Å². The van der Waals surface area contributed by atoms with Crippen molar-refractivity contribution in [3.05, 3.63) is 30.1 Å². The van der Waals surface area contributed by atoms with E-state index in [4.69, 9.17) is 0 Å². The summed E-state index contributed by atoms with van der Waals surface area (Å²) in [6, 6.07) is 3.69. The largest absolute Gasteiger partial charge is 0.465 e. The van der Waals surface area contributed by atoms with Crippen LogP contribution in [0.5, 0.6) is 0 Å². The number of hydrogen-bond donors (Lipinski definition) is 3. The van der Waals surface area contributed by atoms with Gasteiger partial charge in [0.1, 0.15) is 12.1 Å². The predicted octanol–water partition coefficient (Wildman–Crippen LogP) is 3.17. The minimum absolute atomic E-state index is 0.00663. The number of benzene rings is 1. The third-order valence-corrected chi connectivity index (χ3v) is 6.86. The number of rotatable bonds is 7. The number of carbonyl (C=O) groups excluding carboxylic acids is 1. The Morgan fingerprint density at radius 1 is 1.17 bits per heavy atom. The van der Waals surface area contributed by atoms with Crippen molar-refractivity contribution < 1.29 is 27.9 Å². The van der Waals surface area contributed by atoms with Crippen molar-refractivity contribution in [3.8, 4) is 0 Å². The lowest BCUT2D eigenvalue weighted by Gasteiger charge is -2.47. The minimum Gasteiger partial charge on any atom is -0.465 e. The Morgan fingerprint density at radius 2 is 1.89 bits per heavy atom. The van der Waals surface area contributed by atoms with Gasteiger partial charge < -0.3 is 20.6 Å². The molecule has 12 heteroatoms. The summed E-state index contributed by atoms with van der Waals surface area (Å²) in [5.74, 6) is -0.0946. The number of halogens is 3. The molecule has 1 saturated heterocycles. The zero-order chi connectivity index (χ0) is 25.2. The third-order valence-electron chi connectivity index (χ3n) is 6.86. The molecule has 1 aromatic heterocycles. The molecule has 0 atom stereocenters. The zero-order valence-electron chi connectivity index (χ0n) is 19.4. The molecule has 0 unspecified atom stereocenters. The first kappa shape index (κ1) is 25.0. The predicted molar refractivity (Wildman–Crippen MR) is 123 cm³/mol. The van der Waals surface area contributed by atoms with Crippen molar-refractivity contribution in [2.45, 2.75) is 56.9 Å². The molecular weight excluding hydrogens is 465 g/mol. The molecule has 0 bridgehead atoms. The van der Waals surface area contributed by atoms with Crippen LogP contribution in [0.1, 0.15) is 38.2 Å². The highest BCUT2D eigenvalue weighted by Crippen LogP contribution is 2.32. The zero-order valence-corrected chi connectivity index (χ0v) is 19.4. The van der Waals surface area contributed by atoms with Crippen molar-refractivity contribution in [2.24, 2.45) is 0 Å². The molecule has 4 rings (SSSR count). The van der Waals surface area contributed by atoms with Gasteiger partial charge in [0, 0.05) is 37.1 Å². The SMILES string of the molecule is CCN(C(=O)O)[C@H]1CC[C@H](N2CC(NC(=O)CNc3ncnc4ccc(C(F)(F)F)cc34)C2)CC1. The van der Waals surface area contributed by atoms with E-state index in [1.165, 1.54) is 17.3 Å². The van der Waals surface area contributed by atoms with Crippen LogP contribution in [0.4, 0.5) is 23.8 Å². The molecule has 3 N–H and O–H groups in total. The number of nitrogens with zero attached hydrogens (tertiary/aromatic N) is 4. The Balaban J connectivity index is 1.23. The average molecular weight is 495 g/mol.